The molecule has 0 saturated heterocycles. The summed E-state index contributed by atoms with van der Waals surface area (Å²) in [6, 6.07) is 14.5. The largest absolute Gasteiger partial charge is 0.461 e. The average Bonchev–Trinajstić information content (AvgIpc) is 2.60. The Kier molecular flexibility index (Phi) is 5.19. The van der Waals surface area contributed by atoms with Gasteiger partial charge in [-0.05, 0) is 36.6 Å². The molecule has 0 fully saturated rings. The zero-order valence-corrected chi connectivity index (χ0v) is 14.5. The van der Waals surface area contributed by atoms with Gasteiger partial charge in [0.05, 0.1) is 0 Å². The van der Waals surface area contributed by atoms with Gasteiger partial charge in [0.2, 0.25) is 0 Å². The monoisotopic (exact) mass is 356 g/mol. The van der Waals surface area contributed by atoms with Crippen LogP contribution >= 0.6 is 11.6 Å². The minimum atomic E-state index is -0.482. The maximum atomic E-state index is 12.0. The molecule has 25 heavy (non-hydrogen) atoms. The second kappa shape index (κ2) is 7.53. The van der Waals surface area contributed by atoms with E-state index in [1.54, 1.807) is 12.1 Å². The van der Waals surface area contributed by atoms with Crippen molar-refractivity contribution in [1.82, 2.24) is 0 Å². The maximum Gasteiger partial charge on any atom is 0.336 e. The number of esters is 1. The van der Waals surface area contributed by atoms with Crippen LogP contribution in [0.15, 0.2) is 57.7 Å². The first kappa shape index (κ1) is 17.2. The molecule has 0 N–H and O–H groups in total. The van der Waals surface area contributed by atoms with Crippen LogP contribution in [0.4, 0.5) is 0 Å². The smallest absolute Gasteiger partial charge is 0.336 e. The Labute approximate surface area is 150 Å². The van der Waals surface area contributed by atoms with Crippen molar-refractivity contribution in [3.05, 3.63) is 80.7 Å². The van der Waals surface area contributed by atoms with Crippen LogP contribution in [0, 0.1) is 6.92 Å². The van der Waals surface area contributed by atoms with Crippen molar-refractivity contribution in [1.29, 1.82) is 0 Å². The van der Waals surface area contributed by atoms with E-state index in [1.807, 2.05) is 37.3 Å². The third-order valence-corrected chi connectivity index (χ3v) is 4.37. The summed E-state index contributed by atoms with van der Waals surface area (Å²) in [5.41, 5.74) is 2.43. The summed E-state index contributed by atoms with van der Waals surface area (Å²) < 4.78 is 10.5. The van der Waals surface area contributed by atoms with E-state index in [1.165, 1.54) is 6.07 Å². The Bertz CT molecular complexity index is 961. The second-order valence-corrected chi connectivity index (χ2v) is 6.24. The molecular formula is C20H17ClO4. The number of hydrogen-bond acceptors (Lipinski definition) is 4. The second-order valence-electron chi connectivity index (χ2n) is 5.83. The van der Waals surface area contributed by atoms with E-state index >= 15 is 0 Å². The molecular weight excluding hydrogens is 340 g/mol. The molecule has 1 aromatic heterocycles. The topological polar surface area (TPSA) is 56.5 Å². The summed E-state index contributed by atoms with van der Waals surface area (Å²) in [4.78, 5) is 23.7. The number of carbonyl (C=O) groups excluding carboxylic acids is 1. The fraction of sp³-hybridized carbons (Fsp3) is 0.200. The van der Waals surface area contributed by atoms with Crippen LogP contribution in [0.3, 0.4) is 0 Å². The van der Waals surface area contributed by atoms with Crippen molar-refractivity contribution in [3.8, 4) is 0 Å². The van der Waals surface area contributed by atoms with E-state index in [0.717, 1.165) is 11.1 Å². The number of benzene rings is 2. The molecule has 128 valence electrons. The van der Waals surface area contributed by atoms with Gasteiger partial charge in [-0.2, -0.15) is 0 Å². The highest BCUT2D eigenvalue weighted by Gasteiger charge is 2.11. The molecule has 0 aliphatic rings. The van der Waals surface area contributed by atoms with Crippen molar-refractivity contribution >= 4 is 28.5 Å². The number of rotatable bonds is 5. The summed E-state index contributed by atoms with van der Waals surface area (Å²) in [5, 5.41) is 1.24. The van der Waals surface area contributed by atoms with Gasteiger partial charge in [-0.25, -0.2) is 4.79 Å². The maximum absolute atomic E-state index is 12.0. The predicted octanol–water partition coefficient (Wildman–Crippen LogP) is 4.43. The van der Waals surface area contributed by atoms with Crippen LogP contribution in [0.25, 0.3) is 11.0 Å². The van der Waals surface area contributed by atoms with Crippen LogP contribution in [-0.4, -0.2) is 5.97 Å². The van der Waals surface area contributed by atoms with Crippen LogP contribution in [-0.2, 0) is 22.6 Å². The Hall–Kier alpha value is -2.59. The number of carbonyl (C=O) groups is 1. The highest BCUT2D eigenvalue weighted by molar-refractivity contribution is 6.32. The number of ether oxygens (including phenoxy) is 1. The minimum absolute atomic E-state index is 0.00904. The van der Waals surface area contributed by atoms with Crippen LogP contribution in [0.5, 0.6) is 0 Å². The summed E-state index contributed by atoms with van der Waals surface area (Å²) >= 11 is 6.15. The zero-order valence-electron chi connectivity index (χ0n) is 13.8. The van der Waals surface area contributed by atoms with Crippen molar-refractivity contribution < 1.29 is 13.9 Å². The average molecular weight is 357 g/mol. The lowest BCUT2D eigenvalue weighted by molar-refractivity contribution is -0.144. The van der Waals surface area contributed by atoms with Gasteiger partial charge in [0.1, 0.15) is 12.2 Å². The first-order chi connectivity index (χ1) is 12.0. The molecule has 0 unspecified atom stereocenters. The minimum Gasteiger partial charge on any atom is -0.461 e. The van der Waals surface area contributed by atoms with Gasteiger partial charge in [-0.15, -0.1) is 0 Å². The van der Waals surface area contributed by atoms with E-state index in [-0.39, 0.29) is 19.0 Å². The molecule has 3 aromatic rings. The molecule has 0 amide bonds. The molecule has 3 rings (SSSR count). The Balaban J connectivity index is 1.71. The molecule has 0 aliphatic carbocycles. The van der Waals surface area contributed by atoms with E-state index in [4.69, 9.17) is 20.8 Å². The van der Waals surface area contributed by atoms with E-state index in [2.05, 4.69) is 0 Å². The summed E-state index contributed by atoms with van der Waals surface area (Å²) in [7, 11) is 0. The van der Waals surface area contributed by atoms with Crippen molar-refractivity contribution in [2.24, 2.45) is 0 Å². The van der Waals surface area contributed by atoms with Crippen LogP contribution in [0.1, 0.15) is 23.1 Å². The highest BCUT2D eigenvalue weighted by atomic mass is 35.5. The molecule has 5 heteroatoms. The zero-order chi connectivity index (χ0) is 17.8. The summed E-state index contributed by atoms with van der Waals surface area (Å²) in [5.74, 6) is -0.316. The van der Waals surface area contributed by atoms with Crippen molar-refractivity contribution in [3.63, 3.8) is 0 Å². The third kappa shape index (κ3) is 4.28. The fourth-order valence-corrected chi connectivity index (χ4v) is 2.75. The highest BCUT2D eigenvalue weighted by Crippen LogP contribution is 2.25. The molecule has 0 atom stereocenters. The molecule has 1 heterocycles. The molecule has 0 spiro atoms. The van der Waals surface area contributed by atoms with Crippen molar-refractivity contribution in [2.45, 2.75) is 26.4 Å². The first-order valence-electron chi connectivity index (χ1n) is 7.95. The number of aryl methyl sites for hydroxylation is 2. The van der Waals surface area contributed by atoms with Gasteiger partial charge >= 0.3 is 11.6 Å². The summed E-state index contributed by atoms with van der Waals surface area (Å²) in [6.45, 7) is 1.84. The standard InChI is InChI=1S/C20H17ClO4/c1-13-9-18-16(11-17(13)21)15(10-20(23)25-18)12-24-19(22)8-7-14-5-3-2-4-6-14/h2-6,9-11H,7-8,12H2,1H3. The fourth-order valence-electron chi connectivity index (χ4n) is 2.59. The molecule has 2 aromatic carbocycles. The van der Waals surface area contributed by atoms with Crippen molar-refractivity contribution in [2.75, 3.05) is 0 Å². The molecule has 0 radical (unpaired) electrons. The lowest BCUT2D eigenvalue weighted by atomic mass is 10.1. The van der Waals surface area contributed by atoms with Crippen LogP contribution < -0.4 is 5.63 Å². The molecule has 4 nitrogen and oxygen atoms in total. The lowest BCUT2D eigenvalue weighted by Gasteiger charge is -2.09. The van der Waals surface area contributed by atoms with E-state index in [9.17, 15) is 9.59 Å². The molecule has 0 saturated carbocycles. The molecule has 0 aliphatic heterocycles. The lowest BCUT2D eigenvalue weighted by Crippen LogP contribution is -2.08. The third-order valence-electron chi connectivity index (χ3n) is 3.96. The van der Waals surface area contributed by atoms with Gasteiger partial charge in [-0.1, -0.05) is 41.9 Å². The Morgan fingerprint density at radius 2 is 1.92 bits per heavy atom. The summed E-state index contributed by atoms with van der Waals surface area (Å²) in [6.07, 6.45) is 0.894. The Morgan fingerprint density at radius 3 is 2.68 bits per heavy atom. The van der Waals surface area contributed by atoms with Gasteiger partial charge in [0.15, 0.2) is 0 Å². The number of hydrogen-bond donors (Lipinski definition) is 0. The van der Waals surface area contributed by atoms with Crippen LogP contribution in [0.2, 0.25) is 5.02 Å². The number of halogens is 1. The van der Waals surface area contributed by atoms with Gasteiger partial charge in [0.25, 0.3) is 0 Å². The Morgan fingerprint density at radius 1 is 1.16 bits per heavy atom. The van der Waals surface area contributed by atoms with E-state index in [0.29, 0.717) is 28.0 Å². The van der Waals surface area contributed by atoms with E-state index < -0.39 is 5.63 Å². The SMILES string of the molecule is Cc1cc2oc(=O)cc(COC(=O)CCc3ccccc3)c2cc1Cl. The van der Waals surface area contributed by atoms with Gasteiger partial charge in [0, 0.05) is 28.5 Å². The van der Waals surface area contributed by atoms with Gasteiger partial charge in [-0.3, -0.25) is 4.79 Å². The number of fused-ring (bicyclic) bond motifs is 1. The van der Waals surface area contributed by atoms with Gasteiger partial charge < -0.3 is 9.15 Å². The predicted molar refractivity (Wildman–Crippen MR) is 96.8 cm³/mol. The quantitative estimate of drug-likeness (QED) is 0.501. The normalized spacial score (nSPS) is 10.8. The molecule has 0 bridgehead atoms. The first-order valence-corrected chi connectivity index (χ1v) is 8.33.